The van der Waals surface area contributed by atoms with Gasteiger partial charge in [0.05, 0.1) is 5.92 Å². The molecule has 1 aliphatic heterocycles. The lowest BCUT2D eigenvalue weighted by Crippen LogP contribution is -2.47. The summed E-state index contributed by atoms with van der Waals surface area (Å²) < 4.78 is 11.0. The predicted octanol–water partition coefficient (Wildman–Crippen LogP) is 7.53. The number of rotatable bonds is 20. The first-order chi connectivity index (χ1) is 24.7. The molecule has 0 unspecified atom stereocenters. The highest BCUT2D eigenvalue weighted by molar-refractivity contribution is 6.25. The summed E-state index contributed by atoms with van der Waals surface area (Å²) in [5, 5.41) is 8.96. The average Bonchev–Trinajstić information content (AvgIpc) is 3.52. The lowest BCUT2D eigenvalue weighted by molar-refractivity contribution is -0.158. The van der Waals surface area contributed by atoms with Crippen LogP contribution in [0.25, 0.3) is 5.57 Å². The van der Waals surface area contributed by atoms with Crippen LogP contribution in [0.4, 0.5) is 4.79 Å². The molecular formula is C42H49NO8. The largest absolute Gasteiger partial charge is 0.453 e. The van der Waals surface area contributed by atoms with E-state index in [9.17, 15) is 24.0 Å². The Kier molecular flexibility index (Phi) is 15.3. The number of hydrogen-bond donors (Lipinski definition) is 1. The molecule has 3 aromatic carbocycles. The fraction of sp³-hybridized carbons (Fsp3) is 0.405. The van der Waals surface area contributed by atoms with E-state index in [2.05, 4.69) is 0 Å². The van der Waals surface area contributed by atoms with Crippen LogP contribution in [0, 0.1) is 12.8 Å². The Balaban J connectivity index is 1.65. The second kappa shape index (κ2) is 20.1. The molecule has 3 atom stereocenters. The van der Waals surface area contributed by atoms with Crippen molar-refractivity contribution >= 4 is 35.1 Å². The summed E-state index contributed by atoms with van der Waals surface area (Å²) in [6.45, 7) is 3.20. The number of ether oxygens (including phenoxy) is 2. The van der Waals surface area contributed by atoms with E-state index in [-0.39, 0.29) is 37.4 Å². The molecule has 1 aliphatic rings. The third-order valence-corrected chi connectivity index (χ3v) is 9.08. The van der Waals surface area contributed by atoms with Crippen molar-refractivity contribution in [3.63, 3.8) is 0 Å². The second-order valence-corrected chi connectivity index (χ2v) is 13.1. The number of cyclic esters (lactones) is 1. The Hall–Kier alpha value is -4.89. The van der Waals surface area contributed by atoms with E-state index >= 15 is 0 Å². The van der Waals surface area contributed by atoms with Gasteiger partial charge < -0.3 is 14.6 Å². The molecule has 1 fully saturated rings. The molecule has 0 bridgehead atoms. The minimum absolute atomic E-state index is 0.0176. The van der Waals surface area contributed by atoms with Crippen LogP contribution in [-0.2, 0) is 35.1 Å². The zero-order valence-corrected chi connectivity index (χ0v) is 29.6. The van der Waals surface area contributed by atoms with Crippen LogP contribution in [0.2, 0.25) is 0 Å². The van der Waals surface area contributed by atoms with E-state index in [0.717, 1.165) is 62.3 Å². The zero-order valence-electron chi connectivity index (χ0n) is 29.6. The van der Waals surface area contributed by atoms with Gasteiger partial charge in [0.15, 0.2) is 17.7 Å². The smallest absolute Gasteiger partial charge is 0.417 e. The summed E-state index contributed by atoms with van der Waals surface area (Å²) >= 11 is 0. The maximum absolute atomic E-state index is 14.5. The number of ketones is 2. The van der Waals surface area contributed by atoms with Crippen molar-refractivity contribution in [2.75, 3.05) is 13.2 Å². The number of benzene rings is 3. The number of esters is 1. The number of carbonyl (C=O) groups excluding carboxylic acids is 5. The number of aliphatic hydroxyl groups is 1. The molecule has 1 saturated heterocycles. The van der Waals surface area contributed by atoms with Crippen LogP contribution in [0.5, 0.6) is 0 Å². The number of unbranched alkanes of at least 4 members (excludes halogenated alkanes) is 7. The molecule has 9 nitrogen and oxygen atoms in total. The first-order valence-corrected chi connectivity index (χ1v) is 17.9. The molecule has 0 saturated carbocycles. The Morgan fingerprint density at radius 2 is 1.49 bits per heavy atom. The summed E-state index contributed by atoms with van der Waals surface area (Å²) in [7, 11) is 0. The zero-order chi connectivity index (χ0) is 36.6. The number of aliphatic hydroxyl groups excluding tert-OH is 1. The highest BCUT2D eigenvalue weighted by atomic mass is 16.6. The van der Waals surface area contributed by atoms with Crippen molar-refractivity contribution in [3.8, 4) is 0 Å². The molecule has 0 spiro atoms. The Bertz CT molecular complexity index is 1650. The molecule has 3 aromatic rings. The summed E-state index contributed by atoms with van der Waals surface area (Å²) in [5.74, 6) is -3.75. The van der Waals surface area contributed by atoms with Crippen LogP contribution in [0.3, 0.4) is 0 Å². The van der Waals surface area contributed by atoms with Gasteiger partial charge in [-0.15, -0.1) is 0 Å². The fourth-order valence-corrected chi connectivity index (χ4v) is 6.43. The van der Waals surface area contributed by atoms with Gasteiger partial charge in [-0.05, 0) is 49.0 Å². The standard InChI is InChI=1S/C42H49NO8/c1-30-18-17-23-34(26-30)35(38(46)24-15-7-5-3-4-6-8-16-25-44)28-39(47)40(51-31(2)45)36(27-32-19-11-9-12-20-32)41(48)43-37(29-50-42(43)49)33-21-13-10-14-22-33/h9-14,17-23,26,28,36-37,40,44H,3-8,15-16,24-25,27,29H2,1-2H3/t36-,37-,40+/m1/s1. The molecule has 0 radical (unpaired) electrons. The second-order valence-electron chi connectivity index (χ2n) is 13.1. The van der Waals surface area contributed by atoms with E-state index in [1.54, 1.807) is 60.7 Å². The third kappa shape index (κ3) is 11.6. The van der Waals surface area contributed by atoms with Gasteiger partial charge in [0.1, 0.15) is 12.6 Å². The number of aryl methyl sites for hydroxylation is 1. The average molecular weight is 696 g/mol. The van der Waals surface area contributed by atoms with Gasteiger partial charge in [0.25, 0.3) is 0 Å². The number of imide groups is 1. The van der Waals surface area contributed by atoms with Crippen molar-refractivity contribution < 1.29 is 38.6 Å². The lowest BCUT2D eigenvalue weighted by atomic mass is 9.87. The highest BCUT2D eigenvalue weighted by Gasteiger charge is 2.46. The number of amides is 2. The van der Waals surface area contributed by atoms with E-state index < -0.39 is 41.8 Å². The number of nitrogens with zero attached hydrogens (tertiary/aromatic N) is 1. The quantitative estimate of drug-likeness (QED) is 0.0730. The molecule has 0 aliphatic carbocycles. The molecule has 9 heteroatoms. The molecule has 270 valence electrons. The van der Waals surface area contributed by atoms with E-state index in [4.69, 9.17) is 14.6 Å². The maximum atomic E-state index is 14.5. The molecule has 1 heterocycles. The molecule has 2 amide bonds. The first kappa shape index (κ1) is 38.9. The highest BCUT2D eigenvalue weighted by Crippen LogP contribution is 2.32. The minimum Gasteiger partial charge on any atom is -0.453 e. The van der Waals surface area contributed by atoms with Crippen molar-refractivity contribution in [1.82, 2.24) is 4.90 Å². The van der Waals surface area contributed by atoms with Crippen molar-refractivity contribution in [3.05, 3.63) is 113 Å². The normalized spacial score (nSPS) is 15.6. The molecule has 1 N–H and O–H groups in total. The molecular weight excluding hydrogens is 646 g/mol. The topological polar surface area (TPSA) is 127 Å². The van der Waals surface area contributed by atoms with Gasteiger partial charge in [-0.3, -0.25) is 19.2 Å². The van der Waals surface area contributed by atoms with E-state index in [0.29, 0.717) is 23.1 Å². The number of Topliss-reactive ketones (excluding diaryl/α,β-unsaturated/α-hetero) is 1. The lowest BCUT2D eigenvalue weighted by Gasteiger charge is -2.29. The number of hydrogen-bond acceptors (Lipinski definition) is 8. The monoisotopic (exact) mass is 695 g/mol. The van der Waals surface area contributed by atoms with Crippen LogP contribution in [-0.4, -0.2) is 58.9 Å². The summed E-state index contributed by atoms with van der Waals surface area (Å²) in [6.07, 6.45) is 6.46. The summed E-state index contributed by atoms with van der Waals surface area (Å²) in [4.78, 5) is 69.3. The van der Waals surface area contributed by atoms with Crippen molar-refractivity contribution in [2.45, 2.75) is 90.2 Å². The van der Waals surface area contributed by atoms with Gasteiger partial charge >= 0.3 is 12.1 Å². The van der Waals surface area contributed by atoms with E-state index in [1.807, 2.05) is 31.2 Å². The Labute approximate surface area is 300 Å². The first-order valence-electron chi connectivity index (χ1n) is 17.9. The maximum Gasteiger partial charge on any atom is 0.417 e. The van der Waals surface area contributed by atoms with Crippen LogP contribution < -0.4 is 0 Å². The van der Waals surface area contributed by atoms with Gasteiger partial charge in [0, 0.05) is 25.5 Å². The third-order valence-electron chi connectivity index (χ3n) is 9.08. The molecule has 0 aromatic heterocycles. The van der Waals surface area contributed by atoms with Crippen LogP contribution in [0.1, 0.15) is 93.0 Å². The Morgan fingerprint density at radius 3 is 2.12 bits per heavy atom. The van der Waals surface area contributed by atoms with Crippen LogP contribution >= 0.6 is 0 Å². The van der Waals surface area contributed by atoms with Crippen LogP contribution in [0.15, 0.2) is 91.0 Å². The molecule has 4 rings (SSSR count). The SMILES string of the molecule is CC(=O)O[C@H](C(=O)C=C(C(=O)CCCCCCCCCCO)c1cccc(C)c1)[C@@H](Cc1ccccc1)C(=O)N1C(=O)OC[C@@H]1c1ccccc1. The fourth-order valence-electron chi connectivity index (χ4n) is 6.43. The minimum atomic E-state index is -1.63. The van der Waals surface area contributed by atoms with Gasteiger partial charge in [0.2, 0.25) is 5.91 Å². The number of allylic oxidation sites excluding steroid dienone is 1. The van der Waals surface area contributed by atoms with Crippen molar-refractivity contribution in [1.29, 1.82) is 0 Å². The van der Waals surface area contributed by atoms with Gasteiger partial charge in [-0.2, -0.15) is 0 Å². The number of carbonyl (C=O) groups is 5. The van der Waals surface area contributed by atoms with Gasteiger partial charge in [-0.1, -0.05) is 129 Å². The van der Waals surface area contributed by atoms with Gasteiger partial charge in [-0.25, -0.2) is 9.69 Å². The molecule has 51 heavy (non-hydrogen) atoms. The van der Waals surface area contributed by atoms with Crippen molar-refractivity contribution in [2.24, 2.45) is 5.92 Å². The van der Waals surface area contributed by atoms with E-state index in [1.165, 1.54) is 6.08 Å². The predicted molar refractivity (Wildman–Crippen MR) is 194 cm³/mol. The Morgan fingerprint density at radius 1 is 0.863 bits per heavy atom. The summed E-state index contributed by atoms with van der Waals surface area (Å²) in [6, 6.07) is 24.5. The summed E-state index contributed by atoms with van der Waals surface area (Å²) in [5.41, 5.74) is 3.00.